The molecule has 0 radical (unpaired) electrons. The average molecular weight is 281 g/mol. The molecule has 1 heterocycles. The summed E-state index contributed by atoms with van der Waals surface area (Å²) in [5, 5.41) is 2.73. The van der Waals surface area contributed by atoms with Gasteiger partial charge < -0.3 is 15.5 Å². The first kappa shape index (κ1) is 12.9. The van der Waals surface area contributed by atoms with Crippen LogP contribution in [0.25, 0.3) is 11.1 Å². The van der Waals surface area contributed by atoms with Crippen molar-refractivity contribution in [2.75, 3.05) is 5.32 Å². The predicted octanol–water partition coefficient (Wildman–Crippen LogP) is 2.18. The van der Waals surface area contributed by atoms with Crippen LogP contribution in [0.2, 0.25) is 0 Å². The minimum Gasteiger partial charge on any atom is -0.443 e. The number of benzene rings is 2. The molecule has 0 aliphatic rings. The van der Waals surface area contributed by atoms with Gasteiger partial charge in [-0.3, -0.25) is 9.59 Å². The summed E-state index contributed by atoms with van der Waals surface area (Å²) in [5.74, 6) is -0.788. The second-order valence-electron chi connectivity index (χ2n) is 4.43. The van der Waals surface area contributed by atoms with E-state index >= 15 is 0 Å². The molecular formula is C15H11N3O3. The highest BCUT2D eigenvalue weighted by atomic mass is 16.3. The van der Waals surface area contributed by atoms with Crippen LogP contribution in [0, 0.1) is 0 Å². The fraction of sp³-hybridized carbons (Fsp3) is 0. The SMILES string of the molecule is NC(=O)c1ccc(NC(=O)c2ccc3ncoc3c2)cc1. The standard InChI is InChI=1S/C15H11N3O3/c16-14(19)9-1-4-11(5-2-9)18-15(20)10-3-6-12-13(7-10)21-8-17-12/h1-8H,(H2,16,19)(H,18,20). The molecule has 21 heavy (non-hydrogen) atoms. The molecule has 3 N–H and O–H groups in total. The van der Waals surface area contributed by atoms with Crippen molar-refractivity contribution in [2.45, 2.75) is 0 Å². The van der Waals surface area contributed by atoms with E-state index in [1.165, 1.54) is 6.39 Å². The second-order valence-corrected chi connectivity index (χ2v) is 4.43. The van der Waals surface area contributed by atoms with Crippen LogP contribution >= 0.6 is 0 Å². The Kier molecular flexibility index (Phi) is 3.12. The number of fused-ring (bicyclic) bond motifs is 1. The van der Waals surface area contributed by atoms with Gasteiger partial charge in [-0.25, -0.2) is 4.98 Å². The molecular weight excluding hydrogens is 270 g/mol. The molecule has 0 saturated heterocycles. The highest BCUT2D eigenvalue weighted by Crippen LogP contribution is 2.16. The van der Waals surface area contributed by atoms with Gasteiger partial charge in [0.25, 0.3) is 5.91 Å². The number of nitrogens with zero attached hydrogens (tertiary/aromatic N) is 1. The molecule has 0 aliphatic heterocycles. The van der Waals surface area contributed by atoms with Crippen LogP contribution < -0.4 is 11.1 Å². The van der Waals surface area contributed by atoms with Crippen molar-refractivity contribution in [1.82, 2.24) is 4.98 Å². The molecule has 0 spiro atoms. The number of aromatic nitrogens is 1. The fourth-order valence-electron chi connectivity index (χ4n) is 1.92. The van der Waals surface area contributed by atoms with E-state index in [1.807, 2.05) is 0 Å². The number of nitrogens with one attached hydrogen (secondary N) is 1. The zero-order chi connectivity index (χ0) is 14.8. The van der Waals surface area contributed by atoms with Gasteiger partial charge in [0.15, 0.2) is 12.0 Å². The minimum atomic E-state index is -0.511. The van der Waals surface area contributed by atoms with Crippen molar-refractivity contribution in [1.29, 1.82) is 0 Å². The van der Waals surface area contributed by atoms with Gasteiger partial charge in [0.05, 0.1) is 0 Å². The number of hydrogen-bond acceptors (Lipinski definition) is 4. The quantitative estimate of drug-likeness (QED) is 0.768. The van der Waals surface area contributed by atoms with Gasteiger partial charge >= 0.3 is 0 Å². The maximum Gasteiger partial charge on any atom is 0.255 e. The van der Waals surface area contributed by atoms with Crippen molar-refractivity contribution in [3.63, 3.8) is 0 Å². The Hall–Kier alpha value is -3.15. The first-order valence-electron chi connectivity index (χ1n) is 6.18. The summed E-state index contributed by atoms with van der Waals surface area (Å²) in [6, 6.07) is 11.3. The van der Waals surface area contributed by atoms with Crippen molar-refractivity contribution < 1.29 is 14.0 Å². The van der Waals surface area contributed by atoms with Gasteiger partial charge in [0.1, 0.15) is 5.52 Å². The summed E-state index contributed by atoms with van der Waals surface area (Å²) in [6.07, 6.45) is 1.33. The summed E-state index contributed by atoms with van der Waals surface area (Å²) in [4.78, 5) is 27.1. The van der Waals surface area contributed by atoms with Crippen LogP contribution in [0.5, 0.6) is 0 Å². The maximum atomic E-state index is 12.1. The molecule has 0 bridgehead atoms. The number of amides is 2. The van der Waals surface area contributed by atoms with Crippen LogP contribution in [-0.2, 0) is 0 Å². The third-order valence-corrected chi connectivity index (χ3v) is 3.02. The molecule has 1 aromatic heterocycles. The van der Waals surface area contributed by atoms with E-state index in [9.17, 15) is 9.59 Å². The Morgan fingerprint density at radius 1 is 1.05 bits per heavy atom. The lowest BCUT2D eigenvalue weighted by Crippen LogP contribution is -2.13. The molecule has 2 aromatic carbocycles. The smallest absolute Gasteiger partial charge is 0.255 e. The number of primary amides is 1. The van der Waals surface area contributed by atoms with Crippen molar-refractivity contribution in [2.24, 2.45) is 5.73 Å². The van der Waals surface area contributed by atoms with Crippen molar-refractivity contribution in [3.05, 3.63) is 60.0 Å². The summed E-state index contributed by atoms with van der Waals surface area (Å²) in [6.45, 7) is 0. The fourth-order valence-corrected chi connectivity index (χ4v) is 1.92. The van der Waals surface area contributed by atoms with Gasteiger partial charge in [0.2, 0.25) is 5.91 Å². The molecule has 0 atom stereocenters. The van der Waals surface area contributed by atoms with Crippen LogP contribution in [0.15, 0.2) is 53.3 Å². The molecule has 0 aliphatic carbocycles. The number of oxazole rings is 1. The van der Waals surface area contributed by atoms with E-state index in [2.05, 4.69) is 10.3 Å². The second kappa shape index (κ2) is 5.09. The lowest BCUT2D eigenvalue weighted by Gasteiger charge is -2.05. The molecule has 0 saturated carbocycles. The summed E-state index contributed by atoms with van der Waals surface area (Å²) >= 11 is 0. The topological polar surface area (TPSA) is 98.2 Å². The van der Waals surface area contributed by atoms with E-state index in [0.717, 1.165) is 0 Å². The molecule has 6 nitrogen and oxygen atoms in total. The first-order valence-corrected chi connectivity index (χ1v) is 6.18. The zero-order valence-electron chi connectivity index (χ0n) is 10.9. The van der Waals surface area contributed by atoms with Crippen molar-refractivity contribution >= 4 is 28.6 Å². The Morgan fingerprint density at radius 3 is 2.48 bits per heavy atom. The summed E-state index contributed by atoms with van der Waals surface area (Å²) in [5.41, 5.74) is 7.81. The Labute approximate surface area is 119 Å². The van der Waals surface area contributed by atoms with Gasteiger partial charge in [-0.2, -0.15) is 0 Å². The lowest BCUT2D eigenvalue weighted by molar-refractivity contribution is 0.0998. The Morgan fingerprint density at radius 2 is 1.76 bits per heavy atom. The minimum absolute atomic E-state index is 0.278. The van der Waals surface area contributed by atoms with Crippen LogP contribution in [-0.4, -0.2) is 16.8 Å². The molecule has 3 aromatic rings. The van der Waals surface area contributed by atoms with Gasteiger partial charge in [-0.15, -0.1) is 0 Å². The Bertz CT molecular complexity index is 822. The molecule has 3 rings (SSSR count). The third-order valence-electron chi connectivity index (χ3n) is 3.02. The average Bonchev–Trinajstić information content (AvgIpc) is 2.95. The summed E-state index contributed by atoms with van der Waals surface area (Å²) < 4.78 is 5.16. The number of anilines is 1. The van der Waals surface area contributed by atoms with Crippen LogP contribution in [0.1, 0.15) is 20.7 Å². The maximum absolute atomic E-state index is 12.1. The molecule has 2 amide bonds. The van der Waals surface area contributed by atoms with E-state index in [1.54, 1.807) is 42.5 Å². The predicted molar refractivity (Wildman–Crippen MR) is 76.9 cm³/mol. The van der Waals surface area contributed by atoms with Gasteiger partial charge in [0, 0.05) is 16.8 Å². The zero-order valence-corrected chi connectivity index (χ0v) is 10.9. The molecule has 104 valence electrons. The normalized spacial score (nSPS) is 10.5. The van der Waals surface area contributed by atoms with E-state index in [0.29, 0.717) is 27.9 Å². The van der Waals surface area contributed by atoms with Gasteiger partial charge in [-0.05, 0) is 42.5 Å². The number of carbonyl (C=O) groups is 2. The highest BCUT2D eigenvalue weighted by molar-refractivity contribution is 6.06. The highest BCUT2D eigenvalue weighted by Gasteiger charge is 2.09. The van der Waals surface area contributed by atoms with Gasteiger partial charge in [-0.1, -0.05) is 0 Å². The Balaban J connectivity index is 1.80. The number of carbonyl (C=O) groups excluding carboxylic acids is 2. The third kappa shape index (κ3) is 2.59. The van der Waals surface area contributed by atoms with E-state index in [4.69, 9.17) is 10.2 Å². The molecule has 6 heteroatoms. The van der Waals surface area contributed by atoms with Crippen molar-refractivity contribution in [3.8, 4) is 0 Å². The van der Waals surface area contributed by atoms with E-state index < -0.39 is 5.91 Å². The molecule has 0 fully saturated rings. The monoisotopic (exact) mass is 281 g/mol. The molecule has 0 unspecified atom stereocenters. The number of nitrogens with two attached hydrogens (primary N) is 1. The van der Waals surface area contributed by atoms with E-state index in [-0.39, 0.29) is 5.91 Å². The largest absolute Gasteiger partial charge is 0.443 e. The van der Waals surface area contributed by atoms with Crippen LogP contribution in [0.4, 0.5) is 5.69 Å². The lowest BCUT2D eigenvalue weighted by atomic mass is 10.1. The van der Waals surface area contributed by atoms with Crippen LogP contribution in [0.3, 0.4) is 0 Å². The number of hydrogen-bond donors (Lipinski definition) is 2. The number of rotatable bonds is 3. The first-order chi connectivity index (χ1) is 10.1. The summed E-state index contributed by atoms with van der Waals surface area (Å²) in [7, 11) is 0.